The molecule has 0 aromatic heterocycles. The highest BCUT2D eigenvalue weighted by Crippen LogP contribution is 2.30. The number of anilines is 2. The van der Waals surface area contributed by atoms with Gasteiger partial charge in [0.25, 0.3) is 0 Å². The van der Waals surface area contributed by atoms with E-state index in [0.717, 1.165) is 0 Å². The van der Waals surface area contributed by atoms with E-state index in [9.17, 15) is 18.4 Å². The first-order valence-corrected chi connectivity index (χ1v) is 10.4. The van der Waals surface area contributed by atoms with Crippen LogP contribution in [0.4, 0.5) is 29.7 Å². The average molecular weight is 448 g/mol. The molecule has 0 aliphatic carbocycles. The fraction of sp³-hybridized carbons (Fsp3) is 0.500. The summed E-state index contributed by atoms with van der Waals surface area (Å²) >= 11 is 0. The van der Waals surface area contributed by atoms with Gasteiger partial charge in [0.15, 0.2) is 0 Å². The summed E-state index contributed by atoms with van der Waals surface area (Å²) in [6.45, 7) is 4.57. The van der Waals surface area contributed by atoms with Gasteiger partial charge < -0.3 is 19.7 Å². The number of halogens is 2. The number of nitriles is 1. The zero-order valence-electron chi connectivity index (χ0n) is 18.0. The van der Waals surface area contributed by atoms with Crippen LogP contribution in [0.25, 0.3) is 0 Å². The van der Waals surface area contributed by atoms with Gasteiger partial charge in [0.1, 0.15) is 18.1 Å². The predicted octanol–water partition coefficient (Wildman–Crippen LogP) is 3.53. The topological polar surface area (TPSA) is 94.9 Å². The van der Waals surface area contributed by atoms with Crippen molar-refractivity contribution in [1.29, 1.82) is 5.26 Å². The fourth-order valence-electron chi connectivity index (χ4n) is 3.46. The first-order chi connectivity index (χ1) is 15.3. The molecule has 0 bridgehead atoms. The van der Waals surface area contributed by atoms with Crippen molar-refractivity contribution in [1.82, 2.24) is 5.32 Å². The van der Waals surface area contributed by atoms with Gasteiger partial charge in [0.05, 0.1) is 50.1 Å². The molecule has 0 saturated carbocycles. The number of cyclic esters (lactones) is 1. The zero-order chi connectivity index (χ0) is 23.3. The summed E-state index contributed by atoms with van der Waals surface area (Å²) in [5.74, 6) is -0.395. The SMILES string of the molecule is CC(C)COC(=O)NC[C@H]1CN(c2ccc(N3CC=C(CC#N)[C@H](F)C3)c(F)c2)C(=O)O1. The summed E-state index contributed by atoms with van der Waals surface area (Å²) < 4.78 is 39.3. The van der Waals surface area contributed by atoms with Crippen LogP contribution in [0, 0.1) is 23.1 Å². The highest BCUT2D eigenvalue weighted by molar-refractivity contribution is 5.90. The van der Waals surface area contributed by atoms with E-state index in [1.165, 1.54) is 17.0 Å². The van der Waals surface area contributed by atoms with E-state index in [1.807, 2.05) is 19.9 Å². The molecule has 1 fully saturated rings. The van der Waals surface area contributed by atoms with Crippen LogP contribution >= 0.6 is 0 Å². The largest absolute Gasteiger partial charge is 0.449 e. The Balaban J connectivity index is 1.59. The van der Waals surface area contributed by atoms with Gasteiger partial charge in [-0.2, -0.15) is 5.26 Å². The summed E-state index contributed by atoms with van der Waals surface area (Å²) in [6, 6.07) is 6.18. The maximum absolute atomic E-state index is 14.8. The number of carbonyl (C=O) groups excluding carboxylic acids is 2. The van der Waals surface area contributed by atoms with Crippen molar-refractivity contribution < 1.29 is 27.8 Å². The number of alkyl carbamates (subject to hydrolysis) is 1. The van der Waals surface area contributed by atoms with Crippen molar-refractivity contribution >= 4 is 23.6 Å². The third-order valence-corrected chi connectivity index (χ3v) is 5.12. The minimum atomic E-state index is -1.34. The molecular formula is C22H26F2N4O4. The first kappa shape index (κ1) is 23.3. The molecule has 1 N–H and O–H groups in total. The number of carbonyl (C=O) groups is 2. The molecule has 1 aromatic carbocycles. The van der Waals surface area contributed by atoms with Crippen molar-refractivity contribution in [3.63, 3.8) is 0 Å². The molecule has 2 aliphatic heterocycles. The van der Waals surface area contributed by atoms with E-state index in [4.69, 9.17) is 14.7 Å². The molecule has 2 amide bonds. The number of alkyl halides is 1. The lowest BCUT2D eigenvalue weighted by molar-refractivity contribution is 0.118. The van der Waals surface area contributed by atoms with Gasteiger partial charge in [-0.25, -0.2) is 18.4 Å². The van der Waals surface area contributed by atoms with Gasteiger partial charge in [0.2, 0.25) is 0 Å². The molecule has 0 unspecified atom stereocenters. The van der Waals surface area contributed by atoms with Crippen molar-refractivity contribution in [3.8, 4) is 6.07 Å². The number of amides is 2. The Kier molecular flexibility index (Phi) is 7.51. The molecule has 2 heterocycles. The lowest BCUT2D eigenvalue weighted by Gasteiger charge is -2.30. The molecule has 1 aromatic rings. The van der Waals surface area contributed by atoms with Crippen LogP contribution in [0.5, 0.6) is 0 Å². The lowest BCUT2D eigenvalue weighted by atomic mass is 10.0. The monoisotopic (exact) mass is 448 g/mol. The highest BCUT2D eigenvalue weighted by atomic mass is 19.1. The van der Waals surface area contributed by atoms with E-state index < -0.39 is 30.3 Å². The fourth-order valence-corrected chi connectivity index (χ4v) is 3.46. The molecule has 1 saturated heterocycles. The average Bonchev–Trinajstić information content (AvgIpc) is 3.13. The van der Waals surface area contributed by atoms with E-state index >= 15 is 0 Å². The van der Waals surface area contributed by atoms with Gasteiger partial charge >= 0.3 is 12.2 Å². The number of nitrogens with zero attached hydrogens (tertiary/aromatic N) is 3. The van der Waals surface area contributed by atoms with E-state index in [2.05, 4.69) is 5.32 Å². The van der Waals surface area contributed by atoms with Crippen LogP contribution in [0.2, 0.25) is 0 Å². The molecule has 0 radical (unpaired) electrons. The molecule has 2 aliphatic rings. The Hall–Kier alpha value is -3.35. The first-order valence-electron chi connectivity index (χ1n) is 10.4. The summed E-state index contributed by atoms with van der Waals surface area (Å²) in [5.41, 5.74) is 0.923. The normalized spacial score (nSPS) is 20.6. The number of benzene rings is 1. The lowest BCUT2D eigenvalue weighted by Crippen LogP contribution is -2.36. The van der Waals surface area contributed by atoms with Gasteiger partial charge in [0, 0.05) is 6.54 Å². The maximum Gasteiger partial charge on any atom is 0.414 e. The second kappa shape index (κ2) is 10.3. The second-order valence-corrected chi connectivity index (χ2v) is 8.11. The van der Waals surface area contributed by atoms with Gasteiger partial charge in [-0.1, -0.05) is 19.9 Å². The molecule has 0 spiro atoms. The van der Waals surface area contributed by atoms with E-state index in [1.54, 1.807) is 17.0 Å². The van der Waals surface area contributed by atoms with E-state index in [0.29, 0.717) is 17.8 Å². The number of ether oxygens (including phenoxy) is 2. The molecule has 32 heavy (non-hydrogen) atoms. The van der Waals surface area contributed by atoms with Gasteiger partial charge in [-0.3, -0.25) is 4.90 Å². The minimum Gasteiger partial charge on any atom is -0.449 e. The molecular weight excluding hydrogens is 422 g/mol. The highest BCUT2D eigenvalue weighted by Gasteiger charge is 2.33. The van der Waals surface area contributed by atoms with Crippen LogP contribution in [0.1, 0.15) is 20.3 Å². The third kappa shape index (κ3) is 5.66. The summed E-state index contributed by atoms with van der Waals surface area (Å²) in [5, 5.41) is 11.3. The Morgan fingerprint density at radius 1 is 1.41 bits per heavy atom. The Bertz CT molecular complexity index is 931. The predicted molar refractivity (Wildman–Crippen MR) is 114 cm³/mol. The Labute approximate surface area is 185 Å². The quantitative estimate of drug-likeness (QED) is 0.642. The minimum absolute atomic E-state index is 0.0129. The second-order valence-electron chi connectivity index (χ2n) is 8.11. The molecule has 172 valence electrons. The third-order valence-electron chi connectivity index (χ3n) is 5.12. The van der Waals surface area contributed by atoms with Crippen molar-refractivity contribution in [2.45, 2.75) is 32.5 Å². The Morgan fingerprint density at radius 3 is 2.84 bits per heavy atom. The van der Waals surface area contributed by atoms with Gasteiger partial charge in [-0.05, 0) is 29.7 Å². The van der Waals surface area contributed by atoms with Gasteiger partial charge in [-0.15, -0.1) is 0 Å². The summed E-state index contributed by atoms with van der Waals surface area (Å²) in [4.78, 5) is 26.7. The Morgan fingerprint density at radius 2 is 2.19 bits per heavy atom. The zero-order valence-corrected chi connectivity index (χ0v) is 18.0. The number of hydrogen-bond acceptors (Lipinski definition) is 6. The smallest absolute Gasteiger partial charge is 0.414 e. The standard InChI is InChI=1S/C22H26F2N4O4/c1-14(2)13-31-21(29)26-10-17-11-28(22(30)32-17)16-3-4-20(18(23)9-16)27-8-6-15(5-7-25)19(24)12-27/h3-4,6,9,14,17,19H,5,8,10-13H2,1-2H3,(H,26,29)/t17-,19+/m0/s1. The maximum atomic E-state index is 14.8. The number of nitrogens with one attached hydrogen (secondary N) is 1. The molecule has 8 nitrogen and oxygen atoms in total. The van der Waals surface area contributed by atoms with Crippen molar-refractivity contribution in [2.75, 3.05) is 42.6 Å². The summed E-state index contributed by atoms with van der Waals surface area (Å²) in [7, 11) is 0. The van der Waals surface area contributed by atoms with E-state index in [-0.39, 0.29) is 44.3 Å². The van der Waals surface area contributed by atoms with Crippen LogP contribution in [-0.4, -0.2) is 57.2 Å². The van der Waals surface area contributed by atoms with Crippen LogP contribution in [-0.2, 0) is 9.47 Å². The molecule has 2 atom stereocenters. The van der Waals surface area contributed by atoms with Crippen molar-refractivity contribution in [2.24, 2.45) is 5.92 Å². The van der Waals surface area contributed by atoms with Crippen LogP contribution in [0.3, 0.4) is 0 Å². The van der Waals surface area contributed by atoms with Crippen LogP contribution < -0.4 is 15.1 Å². The van der Waals surface area contributed by atoms with Crippen molar-refractivity contribution in [3.05, 3.63) is 35.7 Å². The molecule has 10 heteroatoms. The van der Waals surface area contributed by atoms with Crippen LogP contribution in [0.15, 0.2) is 29.8 Å². The number of rotatable bonds is 7. The summed E-state index contributed by atoms with van der Waals surface area (Å²) in [6.07, 6.45) is -1.56. The molecule has 3 rings (SSSR count). The number of hydrogen-bond donors (Lipinski definition) is 1.